The average Bonchev–Trinajstić information content (AvgIpc) is 2.70. The fourth-order valence-electron chi connectivity index (χ4n) is 2.63. The highest BCUT2D eigenvalue weighted by Gasteiger charge is 2.04. The highest BCUT2D eigenvalue weighted by atomic mass is 19.1. The van der Waals surface area contributed by atoms with Crippen molar-refractivity contribution in [2.75, 3.05) is 0 Å². The molecule has 4 rings (SSSR count). The van der Waals surface area contributed by atoms with Crippen LogP contribution in [0.5, 0.6) is 0 Å². The van der Waals surface area contributed by atoms with Crippen molar-refractivity contribution in [3.63, 3.8) is 0 Å². The lowest BCUT2D eigenvalue weighted by molar-refractivity contribution is 0.585. The standard InChI is InChI=1S/2C12H8F2/c13-11-5-1-9(2-6-11)10-3-7-12(14)8-4-10;13-10-6-7-11(12(14)8-10)9-4-2-1-3-5-9/h2*1-8H. The summed E-state index contributed by atoms with van der Waals surface area (Å²) in [5, 5.41) is 0. The van der Waals surface area contributed by atoms with Crippen LogP contribution in [0, 0.1) is 23.3 Å². The first-order valence-electron chi connectivity index (χ1n) is 8.55. The lowest BCUT2D eigenvalue weighted by Gasteiger charge is -2.02. The van der Waals surface area contributed by atoms with Crippen LogP contribution in [-0.4, -0.2) is 0 Å². The van der Waals surface area contributed by atoms with Crippen molar-refractivity contribution in [2.24, 2.45) is 0 Å². The molecule has 0 nitrogen and oxygen atoms in total. The molecule has 0 unspecified atom stereocenters. The molecular weight excluding hydrogens is 364 g/mol. The van der Waals surface area contributed by atoms with Crippen molar-refractivity contribution < 1.29 is 17.6 Å². The summed E-state index contributed by atoms with van der Waals surface area (Å²) in [5.74, 6) is -1.62. The predicted molar refractivity (Wildman–Crippen MR) is 104 cm³/mol. The Hall–Kier alpha value is -3.40. The summed E-state index contributed by atoms with van der Waals surface area (Å²) in [5.41, 5.74) is 2.94. The molecule has 4 aromatic carbocycles. The first kappa shape index (κ1) is 19.4. The molecule has 0 heterocycles. The maximum Gasteiger partial charge on any atom is 0.133 e. The van der Waals surface area contributed by atoms with E-state index in [9.17, 15) is 17.6 Å². The molecule has 4 aromatic rings. The van der Waals surface area contributed by atoms with Crippen molar-refractivity contribution in [3.05, 3.63) is 120 Å². The quantitative estimate of drug-likeness (QED) is 0.321. The molecule has 0 aliphatic rings. The van der Waals surface area contributed by atoms with E-state index in [1.165, 1.54) is 36.4 Å². The second-order valence-corrected chi connectivity index (χ2v) is 6.00. The van der Waals surface area contributed by atoms with E-state index in [-0.39, 0.29) is 11.6 Å². The lowest BCUT2D eigenvalue weighted by atomic mass is 10.1. The van der Waals surface area contributed by atoms with Crippen molar-refractivity contribution in [1.82, 2.24) is 0 Å². The Bertz CT molecular complexity index is 981. The normalized spacial score (nSPS) is 10.1. The molecule has 0 atom stereocenters. The molecule has 0 N–H and O–H groups in total. The van der Waals surface area contributed by atoms with Crippen LogP contribution >= 0.6 is 0 Å². The third-order valence-electron chi connectivity index (χ3n) is 4.04. The minimum absolute atomic E-state index is 0.268. The van der Waals surface area contributed by atoms with Crippen LogP contribution < -0.4 is 0 Å². The fourth-order valence-corrected chi connectivity index (χ4v) is 2.63. The van der Waals surface area contributed by atoms with E-state index >= 15 is 0 Å². The van der Waals surface area contributed by atoms with Crippen molar-refractivity contribution in [1.29, 1.82) is 0 Å². The van der Waals surface area contributed by atoms with Gasteiger partial charge >= 0.3 is 0 Å². The van der Waals surface area contributed by atoms with Crippen LogP contribution in [0.4, 0.5) is 17.6 Å². The van der Waals surface area contributed by atoms with Gasteiger partial charge in [0.1, 0.15) is 23.3 Å². The number of benzene rings is 4. The van der Waals surface area contributed by atoms with Crippen LogP contribution in [0.2, 0.25) is 0 Å². The van der Waals surface area contributed by atoms with Crippen LogP contribution in [0.3, 0.4) is 0 Å². The molecule has 0 amide bonds. The number of hydrogen-bond donors (Lipinski definition) is 0. The van der Waals surface area contributed by atoms with E-state index in [1.807, 2.05) is 18.2 Å². The van der Waals surface area contributed by atoms with E-state index in [2.05, 4.69) is 0 Å². The molecule has 4 heteroatoms. The van der Waals surface area contributed by atoms with E-state index < -0.39 is 11.6 Å². The van der Waals surface area contributed by atoms with Crippen molar-refractivity contribution in [2.45, 2.75) is 0 Å². The van der Waals surface area contributed by atoms with E-state index in [0.29, 0.717) is 5.56 Å². The molecule has 0 aliphatic heterocycles. The SMILES string of the molecule is Fc1ccc(-c2ccc(F)cc2)cc1.Fc1ccc(-c2ccccc2)c(F)c1. The zero-order valence-corrected chi connectivity index (χ0v) is 14.7. The smallest absolute Gasteiger partial charge is 0.133 e. The zero-order chi connectivity index (χ0) is 19.9. The van der Waals surface area contributed by atoms with Crippen LogP contribution in [0.25, 0.3) is 22.3 Å². The Morgan fingerprint density at radius 3 is 1.32 bits per heavy atom. The van der Waals surface area contributed by atoms with Gasteiger partial charge in [0.05, 0.1) is 0 Å². The maximum atomic E-state index is 13.3. The molecule has 0 bridgehead atoms. The van der Waals surface area contributed by atoms with Gasteiger partial charge in [0.25, 0.3) is 0 Å². The Labute approximate surface area is 160 Å². The summed E-state index contributed by atoms with van der Waals surface area (Å²) in [7, 11) is 0. The third-order valence-corrected chi connectivity index (χ3v) is 4.04. The van der Waals surface area contributed by atoms with Gasteiger partial charge in [-0.25, -0.2) is 17.6 Å². The van der Waals surface area contributed by atoms with Gasteiger partial charge < -0.3 is 0 Å². The number of halogens is 4. The van der Waals surface area contributed by atoms with Crippen LogP contribution in [0.1, 0.15) is 0 Å². The first-order valence-corrected chi connectivity index (χ1v) is 8.55. The van der Waals surface area contributed by atoms with Crippen LogP contribution in [0.15, 0.2) is 97.1 Å². The minimum Gasteiger partial charge on any atom is -0.207 e. The molecule has 140 valence electrons. The summed E-state index contributed by atoms with van der Waals surface area (Å²) >= 11 is 0. The summed E-state index contributed by atoms with van der Waals surface area (Å²) < 4.78 is 51.1. The van der Waals surface area contributed by atoms with Gasteiger partial charge in [-0.1, -0.05) is 54.6 Å². The highest BCUT2D eigenvalue weighted by molar-refractivity contribution is 5.64. The van der Waals surface area contributed by atoms with Gasteiger partial charge in [0.15, 0.2) is 0 Å². The molecule has 0 aromatic heterocycles. The van der Waals surface area contributed by atoms with Crippen molar-refractivity contribution in [3.8, 4) is 22.3 Å². The predicted octanol–water partition coefficient (Wildman–Crippen LogP) is 7.26. The van der Waals surface area contributed by atoms with Gasteiger partial charge in [-0.15, -0.1) is 0 Å². The highest BCUT2D eigenvalue weighted by Crippen LogP contribution is 2.22. The average molecular weight is 380 g/mol. The lowest BCUT2D eigenvalue weighted by Crippen LogP contribution is -1.85. The molecule has 0 spiro atoms. The van der Waals surface area contributed by atoms with Gasteiger partial charge in [0.2, 0.25) is 0 Å². The number of rotatable bonds is 2. The maximum absolute atomic E-state index is 13.3. The Morgan fingerprint density at radius 1 is 0.393 bits per heavy atom. The summed E-state index contributed by atoms with van der Waals surface area (Å²) in [6.07, 6.45) is 0. The minimum atomic E-state index is -0.554. The van der Waals surface area contributed by atoms with Crippen LogP contribution in [-0.2, 0) is 0 Å². The molecule has 28 heavy (non-hydrogen) atoms. The largest absolute Gasteiger partial charge is 0.207 e. The summed E-state index contributed by atoms with van der Waals surface area (Å²) in [6.45, 7) is 0. The molecule has 0 aliphatic carbocycles. The molecule has 0 saturated carbocycles. The second kappa shape index (κ2) is 9.00. The van der Waals surface area contributed by atoms with E-state index in [0.717, 1.165) is 22.8 Å². The molecular formula is C24H16F4. The van der Waals surface area contributed by atoms with Gasteiger partial charge in [-0.2, -0.15) is 0 Å². The molecule has 0 radical (unpaired) electrons. The van der Waals surface area contributed by atoms with E-state index in [4.69, 9.17) is 0 Å². The fraction of sp³-hybridized carbons (Fsp3) is 0. The van der Waals surface area contributed by atoms with Gasteiger partial charge in [0, 0.05) is 11.6 Å². The Balaban J connectivity index is 0.000000161. The number of hydrogen-bond acceptors (Lipinski definition) is 0. The molecule has 0 fully saturated rings. The van der Waals surface area contributed by atoms with E-state index in [1.54, 1.807) is 36.4 Å². The van der Waals surface area contributed by atoms with Gasteiger partial charge in [-0.05, 0) is 53.1 Å². The molecule has 0 saturated heterocycles. The Kier molecular flexibility index (Phi) is 6.22. The topological polar surface area (TPSA) is 0 Å². The Morgan fingerprint density at radius 2 is 0.857 bits per heavy atom. The second-order valence-electron chi connectivity index (χ2n) is 6.00. The summed E-state index contributed by atoms with van der Waals surface area (Å²) in [4.78, 5) is 0. The zero-order valence-electron chi connectivity index (χ0n) is 14.7. The van der Waals surface area contributed by atoms with Crippen molar-refractivity contribution >= 4 is 0 Å². The first-order chi connectivity index (χ1) is 13.5. The summed E-state index contributed by atoms with van der Waals surface area (Å²) in [6, 6.07) is 24.9. The van der Waals surface area contributed by atoms with Gasteiger partial charge in [-0.3, -0.25) is 0 Å². The third kappa shape index (κ3) is 5.07. The monoisotopic (exact) mass is 380 g/mol.